The molecule has 0 heterocycles. The number of carboxylic acids is 1. The van der Waals surface area contributed by atoms with Crippen molar-refractivity contribution in [1.82, 2.24) is 4.90 Å². The molecule has 0 radical (unpaired) electrons. The number of methoxy groups -OCH3 is 1. The van der Waals surface area contributed by atoms with Crippen LogP contribution in [0.5, 0.6) is 0 Å². The van der Waals surface area contributed by atoms with Crippen molar-refractivity contribution in [2.24, 2.45) is 0 Å². The predicted molar refractivity (Wildman–Crippen MR) is 55.4 cm³/mol. The lowest BCUT2D eigenvalue weighted by molar-refractivity contribution is -0.132. The van der Waals surface area contributed by atoms with Crippen LogP contribution in [0.2, 0.25) is 0 Å². The summed E-state index contributed by atoms with van der Waals surface area (Å²) in [7, 11) is 1.66. The molecule has 0 saturated carbocycles. The van der Waals surface area contributed by atoms with E-state index in [9.17, 15) is 4.79 Å². The highest BCUT2D eigenvalue weighted by Crippen LogP contribution is 1.95. The van der Waals surface area contributed by atoms with Crippen molar-refractivity contribution in [1.29, 1.82) is 0 Å². The van der Waals surface area contributed by atoms with E-state index in [0.29, 0.717) is 18.7 Å². The monoisotopic (exact) mass is 201 g/mol. The number of carboxylic acid groups (broad SMARTS) is 1. The van der Waals surface area contributed by atoms with Gasteiger partial charge in [-0.15, -0.1) is 0 Å². The van der Waals surface area contributed by atoms with E-state index in [-0.39, 0.29) is 0 Å². The molecule has 0 aliphatic rings. The summed E-state index contributed by atoms with van der Waals surface area (Å²) < 4.78 is 4.95. The van der Waals surface area contributed by atoms with Crippen molar-refractivity contribution in [3.05, 3.63) is 11.6 Å². The van der Waals surface area contributed by atoms with Crippen molar-refractivity contribution in [2.45, 2.75) is 13.8 Å². The third kappa shape index (κ3) is 5.72. The molecule has 14 heavy (non-hydrogen) atoms. The van der Waals surface area contributed by atoms with Crippen molar-refractivity contribution >= 4 is 5.97 Å². The highest BCUT2D eigenvalue weighted by Gasteiger charge is 2.02. The highest BCUT2D eigenvalue weighted by molar-refractivity contribution is 5.85. The van der Waals surface area contributed by atoms with Crippen molar-refractivity contribution < 1.29 is 14.6 Å². The minimum atomic E-state index is -0.854. The fourth-order valence-electron chi connectivity index (χ4n) is 0.952. The van der Waals surface area contributed by atoms with Gasteiger partial charge in [0.25, 0.3) is 0 Å². The van der Waals surface area contributed by atoms with Gasteiger partial charge in [0.05, 0.1) is 6.61 Å². The zero-order valence-corrected chi connectivity index (χ0v) is 9.12. The number of hydrogen-bond acceptors (Lipinski definition) is 3. The average Bonchev–Trinajstić information content (AvgIpc) is 2.17. The number of ether oxygens (including phenoxy) is 1. The predicted octanol–water partition coefficient (Wildman–Crippen LogP) is 0.986. The van der Waals surface area contributed by atoms with Crippen LogP contribution in [0.4, 0.5) is 0 Å². The maximum Gasteiger partial charge on any atom is 0.330 e. The van der Waals surface area contributed by atoms with Gasteiger partial charge in [-0.25, -0.2) is 4.79 Å². The SMILES string of the molecule is CCN(CC=C(C)C(=O)O)CCOC. The summed E-state index contributed by atoms with van der Waals surface area (Å²) in [6.45, 7) is 6.71. The molecule has 4 nitrogen and oxygen atoms in total. The molecule has 0 atom stereocenters. The smallest absolute Gasteiger partial charge is 0.330 e. The fourth-order valence-corrected chi connectivity index (χ4v) is 0.952. The molecule has 0 amide bonds. The van der Waals surface area contributed by atoms with Crippen LogP contribution in [0.1, 0.15) is 13.8 Å². The number of hydrogen-bond donors (Lipinski definition) is 1. The second-order valence-electron chi connectivity index (χ2n) is 3.08. The van der Waals surface area contributed by atoms with Gasteiger partial charge in [0.1, 0.15) is 0 Å². The standard InChI is InChI=1S/C10H19NO3/c1-4-11(7-8-14-3)6-5-9(2)10(12)13/h5H,4,6-8H2,1-3H3,(H,12,13). The summed E-state index contributed by atoms with van der Waals surface area (Å²) in [4.78, 5) is 12.6. The zero-order valence-electron chi connectivity index (χ0n) is 9.12. The minimum Gasteiger partial charge on any atom is -0.478 e. The van der Waals surface area contributed by atoms with Crippen LogP contribution in [-0.2, 0) is 9.53 Å². The van der Waals surface area contributed by atoms with E-state index >= 15 is 0 Å². The molecule has 0 aromatic rings. The normalized spacial score (nSPS) is 12.1. The Morgan fingerprint density at radius 1 is 1.57 bits per heavy atom. The molecule has 0 aromatic carbocycles. The molecule has 0 aliphatic heterocycles. The first-order chi connectivity index (χ1) is 6.61. The first-order valence-electron chi connectivity index (χ1n) is 4.73. The summed E-state index contributed by atoms with van der Waals surface area (Å²) >= 11 is 0. The summed E-state index contributed by atoms with van der Waals surface area (Å²) in [6.07, 6.45) is 1.72. The lowest BCUT2D eigenvalue weighted by Gasteiger charge is -2.17. The molecule has 0 unspecified atom stereocenters. The fraction of sp³-hybridized carbons (Fsp3) is 0.700. The Labute approximate surface area is 85.2 Å². The van der Waals surface area contributed by atoms with Crippen molar-refractivity contribution in [3.63, 3.8) is 0 Å². The van der Waals surface area contributed by atoms with Crippen LogP contribution < -0.4 is 0 Å². The van der Waals surface area contributed by atoms with Crippen molar-refractivity contribution in [2.75, 3.05) is 33.4 Å². The van der Waals surface area contributed by atoms with Gasteiger partial charge in [0, 0.05) is 25.8 Å². The summed E-state index contributed by atoms with van der Waals surface area (Å²) in [5.74, 6) is -0.854. The van der Waals surface area contributed by atoms with E-state index in [4.69, 9.17) is 9.84 Å². The molecule has 0 saturated heterocycles. The molecular formula is C10H19NO3. The van der Waals surface area contributed by atoms with Crippen LogP contribution in [-0.4, -0.2) is 49.3 Å². The summed E-state index contributed by atoms with van der Waals surface area (Å²) in [5.41, 5.74) is 0.390. The van der Waals surface area contributed by atoms with Gasteiger partial charge in [-0.1, -0.05) is 13.0 Å². The first kappa shape index (κ1) is 13.1. The van der Waals surface area contributed by atoms with E-state index in [1.165, 1.54) is 0 Å². The lowest BCUT2D eigenvalue weighted by Crippen LogP contribution is -2.27. The van der Waals surface area contributed by atoms with E-state index in [1.807, 2.05) is 6.92 Å². The quantitative estimate of drug-likeness (QED) is 0.624. The van der Waals surface area contributed by atoms with Gasteiger partial charge < -0.3 is 9.84 Å². The Hall–Kier alpha value is -0.870. The highest BCUT2D eigenvalue weighted by atomic mass is 16.5. The van der Waals surface area contributed by atoms with E-state index in [0.717, 1.165) is 13.1 Å². The van der Waals surface area contributed by atoms with Crippen LogP contribution in [0.3, 0.4) is 0 Å². The topological polar surface area (TPSA) is 49.8 Å². The molecular weight excluding hydrogens is 182 g/mol. The van der Waals surface area contributed by atoms with Gasteiger partial charge >= 0.3 is 5.97 Å². The Morgan fingerprint density at radius 3 is 2.64 bits per heavy atom. The molecule has 0 rings (SSSR count). The molecule has 4 heteroatoms. The zero-order chi connectivity index (χ0) is 11.0. The van der Waals surface area contributed by atoms with E-state index < -0.39 is 5.97 Å². The first-order valence-corrected chi connectivity index (χ1v) is 4.73. The minimum absolute atomic E-state index is 0.390. The molecule has 0 aliphatic carbocycles. The van der Waals surface area contributed by atoms with Crippen LogP contribution in [0.25, 0.3) is 0 Å². The number of nitrogens with zero attached hydrogens (tertiary/aromatic N) is 1. The molecule has 0 aromatic heterocycles. The van der Waals surface area contributed by atoms with Crippen LogP contribution in [0.15, 0.2) is 11.6 Å². The largest absolute Gasteiger partial charge is 0.478 e. The van der Waals surface area contributed by atoms with E-state index in [1.54, 1.807) is 20.1 Å². The Kier molecular flexibility index (Phi) is 7.06. The number of rotatable bonds is 7. The molecule has 0 fully saturated rings. The van der Waals surface area contributed by atoms with Crippen molar-refractivity contribution in [3.8, 4) is 0 Å². The molecule has 1 N–H and O–H groups in total. The Morgan fingerprint density at radius 2 is 2.21 bits per heavy atom. The maximum absolute atomic E-state index is 10.5. The maximum atomic E-state index is 10.5. The lowest BCUT2D eigenvalue weighted by atomic mass is 10.3. The van der Waals surface area contributed by atoms with Crippen LogP contribution in [0, 0.1) is 0 Å². The Balaban J connectivity index is 3.93. The third-order valence-corrected chi connectivity index (χ3v) is 2.05. The van der Waals surface area contributed by atoms with Gasteiger partial charge in [-0.05, 0) is 13.5 Å². The molecule has 0 bridgehead atoms. The average molecular weight is 201 g/mol. The number of carbonyl (C=O) groups is 1. The van der Waals surface area contributed by atoms with Gasteiger partial charge in [-0.3, -0.25) is 4.90 Å². The molecule has 0 spiro atoms. The second kappa shape index (κ2) is 7.53. The number of likely N-dealkylation sites (N-methyl/N-ethyl adjacent to an activating group) is 1. The molecule has 82 valence electrons. The summed E-state index contributed by atoms with van der Waals surface area (Å²) in [6, 6.07) is 0. The number of aliphatic carboxylic acids is 1. The van der Waals surface area contributed by atoms with Gasteiger partial charge in [0.2, 0.25) is 0 Å². The Bertz CT molecular complexity index is 202. The van der Waals surface area contributed by atoms with E-state index in [2.05, 4.69) is 4.90 Å². The summed E-state index contributed by atoms with van der Waals surface area (Å²) in [5, 5.41) is 8.63. The van der Waals surface area contributed by atoms with Gasteiger partial charge in [-0.2, -0.15) is 0 Å². The second-order valence-corrected chi connectivity index (χ2v) is 3.08. The third-order valence-electron chi connectivity index (χ3n) is 2.05. The van der Waals surface area contributed by atoms with Gasteiger partial charge in [0.15, 0.2) is 0 Å². The van der Waals surface area contributed by atoms with Crippen LogP contribution >= 0.6 is 0 Å².